The van der Waals surface area contributed by atoms with E-state index in [1.165, 1.54) is 43.0 Å². The van der Waals surface area contributed by atoms with Gasteiger partial charge in [-0.25, -0.2) is 4.39 Å². The number of nitrogens with one attached hydrogen (secondary N) is 1. The first-order valence-electron chi connectivity index (χ1n) is 22.4. The third-order valence-electron chi connectivity index (χ3n) is 15.3. The molecule has 1 N–H and O–H groups in total. The van der Waals surface area contributed by atoms with Crippen molar-refractivity contribution in [2.24, 2.45) is 10.8 Å². The van der Waals surface area contributed by atoms with Crippen molar-refractivity contribution in [3.05, 3.63) is 87.7 Å². The lowest BCUT2D eigenvalue weighted by atomic mass is 9.59. The van der Waals surface area contributed by atoms with Gasteiger partial charge in [0, 0.05) is 36.7 Å². The lowest BCUT2D eigenvalue weighted by molar-refractivity contribution is -0.138. The van der Waals surface area contributed by atoms with E-state index in [4.69, 9.17) is 17.0 Å². The van der Waals surface area contributed by atoms with Crippen LogP contribution in [0.3, 0.4) is 0 Å². The number of nitriles is 1. The third-order valence-corrected chi connectivity index (χ3v) is 15.7. The summed E-state index contributed by atoms with van der Waals surface area (Å²) in [7, 11) is 0. The molecule has 6 heterocycles. The Morgan fingerprint density at radius 3 is 2.18 bits per heavy atom. The zero-order valence-electron chi connectivity index (χ0n) is 36.6. The van der Waals surface area contributed by atoms with E-state index in [9.17, 15) is 47.2 Å². The molecule has 67 heavy (non-hydrogen) atoms. The van der Waals surface area contributed by atoms with Crippen LogP contribution >= 0.6 is 12.2 Å². The Labute approximate surface area is 387 Å². The fourth-order valence-electron chi connectivity index (χ4n) is 11.4. The average Bonchev–Trinajstić information content (AvgIpc) is 3.62. The van der Waals surface area contributed by atoms with E-state index in [2.05, 4.69) is 10.2 Å². The van der Waals surface area contributed by atoms with Crippen molar-refractivity contribution in [2.75, 3.05) is 42.6 Å². The number of fused-ring (bicyclic) bond motifs is 2. The molecule has 4 saturated heterocycles. The summed E-state index contributed by atoms with van der Waals surface area (Å²) in [4.78, 5) is 85.9. The topological polar surface area (TPSA) is 164 Å². The van der Waals surface area contributed by atoms with Gasteiger partial charge in [0.25, 0.3) is 23.6 Å². The second-order valence-corrected chi connectivity index (χ2v) is 20.0. The van der Waals surface area contributed by atoms with E-state index in [0.29, 0.717) is 44.0 Å². The molecule has 348 valence electrons. The Hall–Kier alpha value is -6.26. The van der Waals surface area contributed by atoms with Gasteiger partial charge < -0.3 is 19.4 Å². The molecule has 1 unspecified atom stereocenters. The van der Waals surface area contributed by atoms with Crippen LogP contribution < -0.4 is 19.9 Å². The fourth-order valence-corrected chi connectivity index (χ4v) is 11.9. The van der Waals surface area contributed by atoms with E-state index >= 15 is 4.39 Å². The maximum atomic E-state index is 15.9. The highest BCUT2D eigenvalue weighted by atomic mass is 32.1. The van der Waals surface area contributed by atoms with E-state index in [1.54, 1.807) is 17.0 Å². The second kappa shape index (κ2) is 15.7. The molecule has 14 nitrogen and oxygen atoms in total. The van der Waals surface area contributed by atoms with E-state index in [0.717, 1.165) is 79.1 Å². The van der Waals surface area contributed by atoms with Crippen molar-refractivity contribution in [2.45, 2.75) is 95.4 Å². The number of amides is 6. The summed E-state index contributed by atoms with van der Waals surface area (Å²) < 4.78 is 63.6. The standard InChI is InChI=1S/C48H45F4N7O7S/c1-45(2)43(65)57(28-4-3-26(24-53)34(18-28)48(50,51)52)44(67)59(45)29-5-6-31(35(49)19-29)40(62)56-15-9-46(10-16-56)22-30(23-46)55-13-11-47(12-14-55)21-27-17-32-33(20-37(27)66-25-47)42(64)58(41(32)63)36-7-8-38(60)54-39(36)61/h3-6,17-20,30,36H,7-16,21-23,25H2,1-2H3,(H,54,60,61). The van der Waals surface area contributed by atoms with Gasteiger partial charge in [-0.15, -0.1) is 0 Å². The Morgan fingerprint density at radius 1 is 0.881 bits per heavy atom. The van der Waals surface area contributed by atoms with Crippen molar-refractivity contribution in [3.63, 3.8) is 0 Å². The van der Waals surface area contributed by atoms with Crippen LogP contribution in [0.4, 0.5) is 28.9 Å². The number of piperidine rings is 3. The van der Waals surface area contributed by atoms with Crippen LogP contribution in [0.5, 0.6) is 5.75 Å². The molecule has 0 aromatic heterocycles. The number of likely N-dealkylation sites (tertiary alicyclic amines) is 2. The Morgan fingerprint density at radius 2 is 1.54 bits per heavy atom. The molecule has 1 aliphatic carbocycles. The van der Waals surface area contributed by atoms with E-state index in [1.807, 2.05) is 0 Å². The summed E-state index contributed by atoms with van der Waals surface area (Å²) in [5.41, 5.74) is -2.18. The Balaban J connectivity index is 0.732. The minimum absolute atomic E-state index is 0.0462. The van der Waals surface area contributed by atoms with Crippen molar-refractivity contribution >= 4 is 64.1 Å². The second-order valence-electron chi connectivity index (χ2n) is 19.6. The van der Waals surface area contributed by atoms with E-state index < -0.39 is 70.1 Å². The van der Waals surface area contributed by atoms with Crippen LogP contribution in [0.1, 0.15) is 113 Å². The molecular weight excluding hydrogens is 895 g/mol. The number of imide groups is 2. The first-order valence-corrected chi connectivity index (χ1v) is 22.8. The quantitative estimate of drug-likeness (QED) is 0.178. The predicted octanol–water partition coefficient (Wildman–Crippen LogP) is 6.14. The molecular formula is C48H45F4N7O7S. The van der Waals surface area contributed by atoms with Gasteiger partial charge in [-0.1, -0.05) is 0 Å². The predicted molar refractivity (Wildman–Crippen MR) is 235 cm³/mol. The molecule has 3 aromatic carbocycles. The monoisotopic (exact) mass is 939 g/mol. The van der Waals surface area contributed by atoms with Gasteiger partial charge in [0.15, 0.2) is 5.11 Å². The minimum atomic E-state index is -4.86. The molecule has 6 aliphatic heterocycles. The molecule has 6 amide bonds. The smallest absolute Gasteiger partial charge is 0.417 e. The molecule has 5 fully saturated rings. The number of carbonyl (C=O) groups is 6. The minimum Gasteiger partial charge on any atom is -0.493 e. The summed E-state index contributed by atoms with van der Waals surface area (Å²) in [5, 5.41) is 11.3. The maximum absolute atomic E-state index is 15.9. The van der Waals surface area contributed by atoms with Gasteiger partial charge in [0.1, 0.15) is 23.1 Å². The number of ether oxygens (including phenoxy) is 1. The molecule has 1 saturated carbocycles. The molecule has 3 aromatic rings. The SMILES string of the molecule is CC1(C)C(=O)N(c2ccc(C#N)c(C(F)(F)F)c2)C(=S)N1c1ccc(C(=O)N2CCC3(CC2)CC(N2CCC4(CC2)COc2cc5c(cc2C4)C(=O)N(C2CCC(=O)NC2=O)C5=O)C3)c(F)c1. The number of anilines is 2. The summed E-state index contributed by atoms with van der Waals surface area (Å²) in [6, 6.07) is 11.0. The number of rotatable bonds is 5. The Kier molecular flexibility index (Phi) is 10.4. The number of carbonyl (C=O) groups excluding carboxylic acids is 6. The molecule has 0 radical (unpaired) electrons. The fraction of sp³-hybridized carbons (Fsp3) is 0.458. The number of halogens is 4. The average molecular weight is 940 g/mol. The van der Waals surface area contributed by atoms with Crippen LogP contribution in [-0.2, 0) is 27.0 Å². The van der Waals surface area contributed by atoms with Crippen LogP contribution in [0, 0.1) is 28.0 Å². The van der Waals surface area contributed by atoms with Gasteiger partial charge in [0.05, 0.1) is 46.2 Å². The van der Waals surface area contributed by atoms with Crippen LogP contribution in [0.25, 0.3) is 0 Å². The number of alkyl halides is 3. The summed E-state index contributed by atoms with van der Waals surface area (Å²) in [6.07, 6.45) is 1.31. The lowest BCUT2D eigenvalue weighted by Gasteiger charge is -2.57. The summed E-state index contributed by atoms with van der Waals surface area (Å²) in [5.74, 6) is -3.55. The molecule has 7 aliphatic rings. The van der Waals surface area contributed by atoms with Crippen molar-refractivity contribution in [3.8, 4) is 11.8 Å². The van der Waals surface area contributed by atoms with Crippen molar-refractivity contribution in [1.29, 1.82) is 5.26 Å². The lowest BCUT2D eigenvalue weighted by Crippen LogP contribution is -2.58. The number of benzene rings is 3. The zero-order chi connectivity index (χ0) is 47.5. The third kappa shape index (κ3) is 7.25. The first-order chi connectivity index (χ1) is 31.7. The van der Waals surface area contributed by atoms with Gasteiger partial charge in [-0.05, 0) is 150 Å². The number of thiocarbonyl (C=S) groups is 1. The van der Waals surface area contributed by atoms with Crippen LogP contribution in [-0.4, -0.2) is 106 Å². The van der Waals surface area contributed by atoms with Gasteiger partial charge in [-0.2, -0.15) is 18.4 Å². The summed E-state index contributed by atoms with van der Waals surface area (Å²) >= 11 is 5.60. The van der Waals surface area contributed by atoms with Crippen LogP contribution in [0.15, 0.2) is 48.5 Å². The largest absolute Gasteiger partial charge is 0.493 e. The van der Waals surface area contributed by atoms with Crippen LogP contribution in [0.2, 0.25) is 0 Å². The van der Waals surface area contributed by atoms with E-state index in [-0.39, 0.29) is 56.8 Å². The number of nitrogens with zero attached hydrogens (tertiary/aromatic N) is 6. The maximum Gasteiger partial charge on any atom is 0.417 e. The van der Waals surface area contributed by atoms with Gasteiger partial charge >= 0.3 is 6.18 Å². The normalized spacial score (nSPS) is 23.6. The van der Waals surface area contributed by atoms with Gasteiger partial charge in [-0.3, -0.25) is 43.9 Å². The number of hydrogen-bond donors (Lipinski definition) is 1. The molecule has 1 atom stereocenters. The summed E-state index contributed by atoms with van der Waals surface area (Å²) in [6.45, 7) is 6.20. The Bertz CT molecular complexity index is 2770. The number of hydrogen-bond acceptors (Lipinski definition) is 10. The van der Waals surface area contributed by atoms with Crippen molar-refractivity contribution < 1.29 is 51.1 Å². The van der Waals surface area contributed by atoms with Crippen molar-refractivity contribution in [1.82, 2.24) is 20.0 Å². The highest BCUT2D eigenvalue weighted by molar-refractivity contribution is 7.81. The highest BCUT2D eigenvalue weighted by Gasteiger charge is 2.53. The molecule has 2 spiro atoms. The highest BCUT2D eigenvalue weighted by Crippen LogP contribution is 2.53. The first kappa shape index (κ1) is 44.6. The zero-order valence-corrected chi connectivity index (χ0v) is 37.5. The molecule has 10 rings (SSSR count). The molecule has 0 bridgehead atoms. The molecule has 19 heteroatoms. The van der Waals surface area contributed by atoms with Gasteiger partial charge in [0.2, 0.25) is 11.8 Å².